The molecule has 0 aliphatic carbocycles. The van der Waals surface area contributed by atoms with Gasteiger partial charge in [0.25, 0.3) is 5.91 Å². The van der Waals surface area contributed by atoms with Gasteiger partial charge in [-0.1, -0.05) is 26.8 Å². The molecule has 8 heteroatoms. The van der Waals surface area contributed by atoms with Gasteiger partial charge in [-0.25, -0.2) is 0 Å². The Bertz CT molecular complexity index is 963. The number of hydrogen-bond donors (Lipinski definition) is 2. The number of nitrogens with one attached hydrogen (secondary N) is 2. The Morgan fingerprint density at radius 3 is 2.62 bits per heavy atom. The van der Waals surface area contributed by atoms with Gasteiger partial charge in [-0.05, 0) is 42.2 Å². The molecule has 0 saturated carbocycles. The summed E-state index contributed by atoms with van der Waals surface area (Å²) in [4.78, 5) is 13.8. The Hall–Kier alpha value is -2.87. The molecule has 0 aliphatic heterocycles. The van der Waals surface area contributed by atoms with E-state index in [4.69, 9.17) is 4.42 Å². The lowest BCUT2D eigenvalue weighted by atomic mass is 10.1. The zero-order valence-electron chi connectivity index (χ0n) is 17.4. The second-order valence-electron chi connectivity index (χ2n) is 7.41. The summed E-state index contributed by atoms with van der Waals surface area (Å²) >= 11 is 1.13. The summed E-state index contributed by atoms with van der Waals surface area (Å²) in [5.74, 6) is 2.54. The third kappa shape index (κ3) is 4.95. The summed E-state index contributed by atoms with van der Waals surface area (Å²) < 4.78 is 14.5. The van der Waals surface area contributed by atoms with Gasteiger partial charge in [0.1, 0.15) is 5.76 Å². The van der Waals surface area contributed by atoms with Crippen LogP contribution in [0, 0.1) is 0 Å². The minimum atomic E-state index is -0.0479. The third-order valence-electron chi connectivity index (χ3n) is 4.64. The van der Waals surface area contributed by atoms with E-state index in [1.807, 2.05) is 24.5 Å². The number of hydrogen-bond acceptors (Lipinski definition) is 7. The molecule has 2 heterocycles. The number of aromatic nitrogens is 2. The van der Waals surface area contributed by atoms with Crippen molar-refractivity contribution in [2.75, 3.05) is 24.7 Å². The molecular formula is C21H27N5O2S. The van der Waals surface area contributed by atoms with E-state index in [1.165, 1.54) is 5.56 Å². The Morgan fingerprint density at radius 1 is 1.21 bits per heavy atom. The highest BCUT2D eigenvalue weighted by molar-refractivity contribution is 6.99. The standard InChI is InChI=1S/C21H27N5O2S/c1-6-17(18-11-15(12-28-18)13(2)3)23-20-19(24-29-25-20)22-16-9-7-8-14(10-16)21(27)26(4)5/h7-13,17H,6H2,1-5H3,(H,22,24)(H,23,25)/t17-/m1/s1. The first-order valence-corrected chi connectivity index (χ1v) is 10.4. The Labute approximate surface area is 175 Å². The van der Waals surface area contributed by atoms with Crippen LogP contribution in [-0.2, 0) is 0 Å². The van der Waals surface area contributed by atoms with Gasteiger partial charge in [-0.15, -0.1) is 0 Å². The lowest BCUT2D eigenvalue weighted by Crippen LogP contribution is -2.21. The largest absolute Gasteiger partial charge is 0.467 e. The first-order chi connectivity index (χ1) is 13.9. The van der Waals surface area contributed by atoms with E-state index in [0.29, 0.717) is 23.1 Å². The molecule has 2 aromatic heterocycles. The van der Waals surface area contributed by atoms with Gasteiger partial charge < -0.3 is 20.0 Å². The second kappa shape index (κ2) is 9.09. The fourth-order valence-electron chi connectivity index (χ4n) is 2.88. The van der Waals surface area contributed by atoms with Gasteiger partial charge in [0.2, 0.25) is 0 Å². The van der Waals surface area contributed by atoms with E-state index >= 15 is 0 Å². The van der Waals surface area contributed by atoms with Crippen LogP contribution in [0.3, 0.4) is 0 Å². The van der Waals surface area contributed by atoms with Gasteiger partial charge in [-0.3, -0.25) is 4.79 Å². The monoisotopic (exact) mass is 413 g/mol. The van der Waals surface area contributed by atoms with E-state index < -0.39 is 0 Å². The van der Waals surface area contributed by atoms with Crippen LogP contribution in [0.25, 0.3) is 0 Å². The molecule has 0 fully saturated rings. The number of carbonyl (C=O) groups excluding carboxylic acids is 1. The molecule has 0 bridgehead atoms. The van der Waals surface area contributed by atoms with E-state index in [2.05, 4.69) is 46.2 Å². The molecule has 0 radical (unpaired) electrons. The van der Waals surface area contributed by atoms with Crippen molar-refractivity contribution in [3.8, 4) is 0 Å². The van der Waals surface area contributed by atoms with Crippen molar-refractivity contribution < 1.29 is 9.21 Å². The maximum atomic E-state index is 12.2. The predicted molar refractivity (Wildman–Crippen MR) is 117 cm³/mol. The van der Waals surface area contributed by atoms with Crippen LogP contribution in [0.15, 0.2) is 41.0 Å². The van der Waals surface area contributed by atoms with E-state index in [1.54, 1.807) is 25.1 Å². The van der Waals surface area contributed by atoms with Gasteiger partial charge >= 0.3 is 0 Å². The molecule has 0 aliphatic rings. The van der Waals surface area contributed by atoms with Crippen molar-refractivity contribution in [2.24, 2.45) is 0 Å². The lowest BCUT2D eigenvalue weighted by molar-refractivity contribution is 0.0827. The van der Waals surface area contributed by atoms with Crippen LogP contribution in [0.1, 0.15) is 60.8 Å². The topological polar surface area (TPSA) is 83.3 Å². The summed E-state index contributed by atoms with van der Waals surface area (Å²) in [5.41, 5.74) is 2.57. The highest BCUT2D eigenvalue weighted by Crippen LogP contribution is 2.30. The van der Waals surface area contributed by atoms with E-state index in [0.717, 1.165) is 29.6 Å². The second-order valence-corrected chi connectivity index (χ2v) is 7.94. The fraction of sp³-hybridized carbons (Fsp3) is 0.381. The van der Waals surface area contributed by atoms with Crippen LogP contribution < -0.4 is 10.6 Å². The molecular weight excluding hydrogens is 386 g/mol. The summed E-state index contributed by atoms with van der Waals surface area (Å²) in [5, 5.41) is 6.69. The minimum Gasteiger partial charge on any atom is -0.467 e. The number of furan rings is 1. The molecule has 0 unspecified atom stereocenters. The van der Waals surface area contributed by atoms with Crippen molar-refractivity contribution in [3.63, 3.8) is 0 Å². The molecule has 3 aromatic rings. The number of amides is 1. The minimum absolute atomic E-state index is 0.00592. The fourth-order valence-corrected chi connectivity index (χ4v) is 3.36. The lowest BCUT2D eigenvalue weighted by Gasteiger charge is -2.15. The Kier molecular flexibility index (Phi) is 6.53. The van der Waals surface area contributed by atoms with Crippen LogP contribution in [0.4, 0.5) is 17.3 Å². The van der Waals surface area contributed by atoms with Gasteiger partial charge in [0.15, 0.2) is 11.6 Å². The van der Waals surface area contributed by atoms with Crippen molar-refractivity contribution in [2.45, 2.75) is 39.2 Å². The van der Waals surface area contributed by atoms with Gasteiger partial charge in [-0.2, -0.15) is 8.75 Å². The molecule has 154 valence electrons. The zero-order valence-corrected chi connectivity index (χ0v) is 18.2. The predicted octanol–water partition coefficient (Wildman–Crippen LogP) is 5.26. The van der Waals surface area contributed by atoms with Gasteiger partial charge in [0.05, 0.1) is 24.0 Å². The van der Waals surface area contributed by atoms with E-state index in [9.17, 15) is 4.79 Å². The van der Waals surface area contributed by atoms with Crippen LogP contribution >= 0.6 is 11.7 Å². The van der Waals surface area contributed by atoms with Crippen LogP contribution in [-0.4, -0.2) is 33.6 Å². The zero-order chi connectivity index (χ0) is 21.0. The Balaban J connectivity index is 1.77. The molecule has 2 N–H and O–H groups in total. The smallest absolute Gasteiger partial charge is 0.253 e. The quantitative estimate of drug-likeness (QED) is 0.524. The van der Waals surface area contributed by atoms with Crippen molar-refractivity contribution in [3.05, 3.63) is 53.5 Å². The number of benzene rings is 1. The van der Waals surface area contributed by atoms with Crippen molar-refractivity contribution >= 4 is 35.0 Å². The van der Waals surface area contributed by atoms with Crippen LogP contribution in [0.5, 0.6) is 0 Å². The SMILES string of the molecule is CC[C@@H](Nc1nsnc1Nc1cccc(C(=O)N(C)C)c1)c1cc(C(C)C)co1. The maximum Gasteiger partial charge on any atom is 0.253 e. The average molecular weight is 414 g/mol. The maximum absolute atomic E-state index is 12.2. The highest BCUT2D eigenvalue weighted by atomic mass is 32.1. The molecule has 29 heavy (non-hydrogen) atoms. The number of carbonyl (C=O) groups is 1. The number of rotatable bonds is 8. The number of nitrogens with zero attached hydrogens (tertiary/aromatic N) is 3. The number of anilines is 3. The molecule has 7 nitrogen and oxygen atoms in total. The molecule has 0 spiro atoms. The molecule has 1 atom stereocenters. The first kappa shape index (κ1) is 20.9. The molecule has 1 aromatic carbocycles. The summed E-state index contributed by atoms with van der Waals surface area (Å²) in [6, 6.07) is 9.43. The van der Waals surface area contributed by atoms with Crippen molar-refractivity contribution in [1.82, 2.24) is 13.6 Å². The summed E-state index contributed by atoms with van der Waals surface area (Å²) in [6.45, 7) is 6.38. The highest BCUT2D eigenvalue weighted by Gasteiger charge is 2.19. The molecule has 1 amide bonds. The Morgan fingerprint density at radius 2 is 1.97 bits per heavy atom. The first-order valence-electron chi connectivity index (χ1n) is 9.65. The van der Waals surface area contributed by atoms with Crippen molar-refractivity contribution in [1.29, 1.82) is 0 Å². The molecule has 3 rings (SSSR count). The summed E-state index contributed by atoms with van der Waals surface area (Å²) in [7, 11) is 3.47. The van der Waals surface area contributed by atoms with Gasteiger partial charge in [0, 0.05) is 25.3 Å². The molecule has 0 saturated heterocycles. The third-order valence-corrected chi connectivity index (χ3v) is 5.16. The van der Waals surface area contributed by atoms with E-state index in [-0.39, 0.29) is 11.9 Å². The summed E-state index contributed by atoms with van der Waals surface area (Å²) in [6.07, 6.45) is 2.66. The average Bonchev–Trinajstić information content (AvgIpc) is 3.35. The normalized spacial score (nSPS) is 12.1. The van der Waals surface area contributed by atoms with Crippen LogP contribution in [0.2, 0.25) is 0 Å².